The third-order valence-electron chi connectivity index (χ3n) is 5.97. The Morgan fingerprint density at radius 3 is 2.55 bits per heavy atom. The first-order valence-corrected chi connectivity index (χ1v) is 11.3. The van der Waals surface area contributed by atoms with Crippen molar-refractivity contribution in [2.45, 2.75) is 32.2 Å². The summed E-state index contributed by atoms with van der Waals surface area (Å²) in [5.74, 6) is 2.06. The number of hydrogen-bond acceptors (Lipinski definition) is 5. The highest BCUT2D eigenvalue weighted by molar-refractivity contribution is 5.81. The molecule has 2 amide bonds. The van der Waals surface area contributed by atoms with Crippen LogP contribution in [-0.4, -0.2) is 60.1 Å². The molecule has 2 heterocycles. The number of methoxy groups -OCH3 is 2. The van der Waals surface area contributed by atoms with E-state index in [1.54, 1.807) is 20.3 Å². The number of likely N-dealkylation sites (tertiary alicyclic amines) is 1. The molecule has 8 nitrogen and oxygen atoms in total. The summed E-state index contributed by atoms with van der Waals surface area (Å²) in [6, 6.07) is 13.3. The van der Waals surface area contributed by atoms with Gasteiger partial charge >= 0.3 is 0 Å². The summed E-state index contributed by atoms with van der Waals surface area (Å²) in [5, 5.41) is 2.97. The molecule has 0 aliphatic carbocycles. The monoisotopic (exact) mass is 450 g/mol. The van der Waals surface area contributed by atoms with Crippen molar-refractivity contribution in [3.63, 3.8) is 0 Å². The summed E-state index contributed by atoms with van der Waals surface area (Å²) in [4.78, 5) is 31.9. The van der Waals surface area contributed by atoms with E-state index in [1.807, 2.05) is 45.9 Å². The Hall–Kier alpha value is -3.55. The van der Waals surface area contributed by atoms with Crippen LogP contribution in [0.2, 0.25) is 0 Å². The topological polar surface area (TPSA) is 85.7 Å². The molecule has 1 aliphatic heterocycles. The molecule has 0 saturated carbocycles. The molecule has 1 N–H and O–H groups in total. The first kappa shape index (κ1) is 22.6. The van der Waals surface area contributed by atoms with Crippen LogP contribution in [0.15, 0.2) is 42.5 Å². The molecule has 0 spiro atoms. The molecule has 8 heteroatoms. The zero-order valence-corrected chi connectivity index (χ0v) is 19.2. The number of ether oxygens (including phenoxy) is 2. The number of amides is 2. The second-order valence-corrected chi connectivity index (χ2v) is 8.16. The predicted molar refractivity (Wildman–Crippen MR) is 126 cm³/mol. The van der Waals surface area contributed by atoms with E-state index in [0.717, 1.165) is 48.4 Å². The molecule has 2 aromatic carbocycles. The van der Waals surface area contributed by atoms with Gasteiger partial charge in [-0.15, -0.1) is 0 Å². The van der Waals surface area contributed by atoms with Gasteiger partial charge in [0.2, 0.25) is 11.8 Å². The zero-order chi connectivity index (χ0) is 23.2. The van der Waals surface area contributed by atoms with Crippen molar-refractivity contribution in [2.24, 2.45) is 0 Å². The quantitative estimate of drug-likeness (QED) is 0.542. The zero-order valence-electron chi connectivity index (χ0n) is 19.2. The van der Waals surface area contributed by atoms with Gasteiger partial charge in [-0.3, -0.25) is 9.59 Å². The van der Waals surface area contributed by atoms with E-state index in [1.165, 1.54) is 0 Å². The minimum Gasteiger partial charge on any atom is -0.493 e. The molecule has 0 bridgehead atoms. The van der Waals surface area contributed by atoms with Gasteiger partial charge in [0.15, 0.2) is 11.5 Å². The molecule has 3 aromatic rings. The Morgan fingerprint density at radius 2 is 1.79 bits per heavy atom. The fraction of sp³-hybridized carbons (Fsp3) is 0.400. The molecular formula is C25H30N4O4. The lowest BCUT2D eigenvalue weighted by Gasteiger charge is -2.17. The SMILES string of the molecule is COc1ccc(CC(=O)NCCc2nc3ccccc3n2CC(=O)N2CCCC2)cc1OC. The average molecular weight is 451 g/mol. The van der Waals surface area contributed by atoms with Crippen molar-refractivity contribution in [1.29, 1.82) is 0 Å². The Balaban J connectivity index is 1.39. The van der Waals surface area contributed by atoms with Crippen LogP contribution in [0, 0.1) is 0 Å². The maximum Gasteiger partial charge on any atom is 0.242 e. The van der Waals surface area contributed by atoms with Crippen molar-refractivity contribution in [2.75, 3.05) is 33.9 Å². The van der Waals surface area contributed by atoms with Crippen molar-refractivity contribution in [3.05, 3.63) is 53.9 Å². The second kappa shape index (κ2) is 10.4. The number of nitrogens with zero attached hydrogens (tertiary/aromatic N) is 3. The average Bonchev–Trinajstić information content (AvgIpc) is 3.48. The lowest BCUT2D eigenvalue weighted by molar-refractivity contribution is -0.130. The summed E-state index contributed by atoms with van der Waals surface area (Å²) in [5.41, 5.74) is 2.64. The summed E-state index contributed by atoms with van der Waals surface area (Å²) >= 11 is 0. The standard InChI is InChI=1S/C25H30N4O4/c1-32-21-10-9-18(15-22(21)33-2)16-24(30)26-12-11-23-27-19-7-3-4-8-20(19)29(23)17-25(31)28-13-5-6-14-28/h3-4,7-10,15H,5-6,11-14,16-17H2,1-2H3,(H,26,30). The minimum absolute atomic E-state index is 0.0852. The summed E-state index contributed by atoms with van der Waals surface area (Å²) < 4.78 is 12.5. The van der Waals surface area contributed by atoms with Crippen LogP contribution < -0.4 is 14.8 Å². The third kappa shape index (κ3) is 5.27. The number of rotatable bonds is 9. The molecule has 1 aromatic heterocycles. The molecule has 0 atom stereocenters. The molecule has 4 rings (SSSR count). The second-order valence-electron chi connectivity index (χ2n) is 8.16. The van der Waals surface area contributed by atoms with Crippen LogP contribution in [0.4, 0.5) is 0 Å². The van der Waals surface area contributed by atoms with Crippen LogP contribution in [0.3, 0.4) is 0 Å². The van der Waals surface area contributed by atoms with Gasteiger partial charge in [0.05, 0.1) is 31.7 Å². The molecule has 1 saturated heterocycles. The number of para-hydroxylation sites is 2. The number of nitrogens with one attached hydrogen (secondary N) is 1. The molecule has 0 radical (unpaired) electrons. The van der Waals surface area contributed by atoms with E-state index in [9.17, 15) is 9.59 Å². The normalized spacial score (nSPS) is 13.3. The van der Waals surface area contributed by atoms with E-state index >= 15 is 0 Å². The first-order valence-electron chi connectivity index (χ1n) is 11.3. The van der Waals surface area contributed by atoms with Crippen LogP contribution in [0.5, 0.6) is 11.5 Å². The predicted octanol–water partition coefficient (Wildman–Crippen LogP) is 2.58. The number of hydrogen-bond donors (Lipinski definition) is 1. The Morgan fingerprint density at radius 1 is 1.03 bits per heavy atom. The maximum atomic E-state index is 12.8. The van der Waals surface area contributed by atoms with Gasteiger partial charge in [0, 0.05) is 26.1 Å². The van der Waals surface area contributed by atoms with Crippen LogP contribution in [-0.2, 0) is 29.0 Å². The smallest absolute Gasteiger partial charge is 0.242 e. The van der Waals surface area contributed by atoms with Gasteiger partial charge in [-0.25, -0.2) is 4.98 Å². The number of carbonyl (C=O) groups excluding carboxylic acids is 2. The number of aromatic nitrogens is 2. The largest absolute Gasteiger partial charge is 0.493 e. The van der Waals surface area contributed by atoms with Crippen molar-refractivity contribution in [3.8, 4) is 11.5 Å². The number of fused-ring (bicyclic) bond motifs is 1. The van der Waals surface area contributed by atoms with Gasteiger partial charge < -0.3 is 24.3 Å². The number of benzene rings is 2. The summed E-state index contributed by atoms with van der Waals surface area (Å²) in [6.45, 7) is 2.36. The van der Waals surface area contributed by atoms with E-state index in [-0.39, 0.29) is 24.8 Å². The molecule has 1 aliphatic rings. The van der Waals surface area contributed by atoms with E-state index in [4.69, 9.17) is 14.5 Å². The van der Waals surface area contributed by atoms with Gasteiger partial charge in [-0.1, -0.05) is 18.2 Å². The van der Waals surface area contributed by atoms with Crippen LogP contribution in [0.1, 0.15) is 24.2 Å². The Bertz CT molecular complexity index is 1130. The highest BCUT2D eigenvalue weighted by Gasteiger charge is 2.21. The lowest BCUT2D eigenvalue weighted by Crippen LogP contribution is -2.32. The number of carbonyl (C=O) groups is 2. The van der Waals surface area contributed by atoms with Gasteiger partial charge in [0.1, 0.15) is 12.4 Å². The fourth-order valence-electron chi connectivity index (χ4n) is 4.25. The molecule has 0 unspecified atom stereocenters. The van der Waals surface area contributed by atoms with E-state index in [2.05, 4.69) is 5.32 Å². The fourth-order valence-corrected chi connectivity index (χ4v) is 4.25. The molecule has 174 valence electrons. The van der Waals surface area contributed by atoms with Crippen molar-refractivity contribution < 1.29 is 19.1 Å². The Labute approximate surface area is 193 Å². The van der Waals surface area contributed by atoms with E-state index in [0.29, 0.717) is 24.5 Å². The lowest BCUT2D eigenvalue weighted by atomic mass is 10.1. The van der Waals surface area contributed by atoms with Gasteiger partial charge in [-0.2, -0.15) is 0 Å². The third-order valence-corrected chi connectivity index (χ3v) is 5.97. The summed E-state index contributed by atoms with van der Waals surface area (Å²) in [7, 11) is 3.15. The van der Waals surface area contributed by atoms with Crippen LogP contribution in [0.25, 0.3) is 11.0 Å². The van der Waals surface area contributed by atoms with Crippen molar-refractivity contribution in [1.82, 2.24) is 19.8 Å². The first-order chi connectivity index (χ1) is 16.1. The molecular weight excluding hydrogens is 420 g/mol. The Kier molecular flexibility index (Phi) is 7.12. The van der Waals surface area contributed by atoms with Gasteiger partial charge in [-0.05, 0) is 42.7 Å². The van der Waals surface area contributed by atoms with Gasteiger partial charge in [0.25, 0.3) is 0 Å². The van der Waals surface area contributed by atoms with Crippen molar-refractivity contribution >= 4 is 22.8 Å². The summed E-state index contributed by atoms with van der Waals surface area (Å²) in [6.07, 6.45) is 2.91. The van der Waals surface area contributed by atoms with E-state index < -0.39 is 0 Å². The molecule has 1 fully saturated rings. The highest BCUT2D eigenvalue weighted by Crippen LogP contribution is 2.27. The molecule has 33 heavy (non-hydrogen) atoms. The minimum atomic E-state index is -0.0852. The van der Waals surface area contributed by atoms with Crippen LogP contribution >= 0.6 is 0 Å². The maximum absolute atomic E-state index is 12.8. The number of imidazole rings is 1. The highest BCUT2D eigenvalue weighted by atomic mass is 16.5.